The first-order valence-corrected chi connectivity index (χ1v) is 6.52. The van der Waals surface area contributed by atoms with E-state index in [1.165, 1.54) is 0 Å². The van der Waals surface area contributed by atoms with Gasteiger partial charge in [-0.2, -0.15) is 0 Å². The Morgan fingerprint density at radius 3 is 2.86 bits per heavy atom. The molecule has 0 unspecified atom stereocenters. The fourth-order valence-electron chi connectivity index (χ4n) is 1.20. The van der Waals surface area contributed by atoms with Crippen molar-refractivity contribution in [3.63, 3.8) is 0 Å². The molecule has 0 fully saturated rings. The minimum atomic E-state index is 0.172. The number of carbonyl (C=O) groups is 1. The number of hydrogen-bond donors (Lipinski definition) is 1. The molecule has 76 valence electrons. The number of ketones is 1. The van der Waals surface area contributed by atoms with Crippen LogP contribution in [0.25, 0.3) is 0 Å². The largest absolute Gasteiger partial charge is 0.399 e. The number of rotatable bonds is 4. The van der Waals surface area contributed by atoms with E-state index in [-0.39, 0.29) is 5.78 Å². The van der Waals surface area contributed by atoms with E-state index in [1.54, 1.807) is 11.8 Å². The lowest BCUT2D eigenvalue weighted by Gasteiger charge is -2.06. The SMILES string of the molecule is CSc1ccc(N)cc1CC(=O)CBr. The summed E-state index contributed by atoms with van der Waals surface area (Å²) in [7, 11) is 0. The second kappa shape index (κ2) is 5.41. The summed E-state index contributed by atoms with van der Waals surface area (Å²) >= 11 is 4.78. The lowest BCUT2D eigenvalue weighted by molar-refractivity contribution is -0.115. The van der Waals surface area contributed by atoms with Crippen LogP contribution in [0.1, 0.15) is 5.56 Å². The number of thioether (sulfide) groups is 1. The van der Waals surface area contributed by atoms with Gasteiger partial charge >= 0.3 is 0 Å². The number of alkyl halides is 1. The minimum Gasteiger partial charge on any atom is -0.399 e. The maximum absolute atomic E-state index is 11.3. The normalized spacial score (nSPS) is 10.1. The van der Waals surface area contributed by atoms with Crippen molar-refractivity contribution in [3.8, 4) is 0 Å². The number of benzene rings is 1. The molecule has 2 N–H and O–H groups in total. The van der Waals surface area contributed by atoms with Crippen molar-refractivity contribution in [3.05, 3.63) is 23.8 Å². The molecule has 0 aliphatic heterocycles. The molecule has 1 aromatic rings. The predicted octanol–water partition coefficient (Wildman–Crippen LogP) is 2.50. The number of anilines is 1. The van der Waals surface area contributed by atoms with Gasteiger partial charge in [0.05, 0.1) is 5.33 Å². The molecule has 0 atom stereocenters. The minimum absolute atomic E-state index is 0.172. The van der Waals surface area contributed by atoms with Crippen LogP contribution in [0.5, 0.6) is 0 Å². The highest BCUT2D eigenvalue weighted by molar-refractivity contribution is 9.09. The number of carbonyl (C=O) groups excluding carboxylic acids is 1. The molecule has 0 saturated carbocycles. The first-order valence-electron chi connectivity index (χ1n) is 4.17. The number of nitrogen functional groups attached to an aromatic ring is 1. The van der Waals surface area contributed by atoms with Crippen molar-refractivity contribution in [2.45, 2.75) is 11.3 Å². The predicted molar refractivity (Wildman–Crippen MR) is 65.1 cm³/mol. The average Bonchev–Trinajstić information content (AvgIpc) is 2.18. The van der Waals surface area contributed by atoms with Crippen LogP contribution >= 0.6 is 27.7 Å². The second-order valence-corrected chi connectivity index (χ2v) is 4.33. The number of halogens is 1. The molecule has 0 heterocycles. The molecule has 0 aliphatic carbocycles. The zero-order valence-electron chi connectivity index (χ0n) is 7.92. The zero-order valence-corrected chi connectivity index (χ0v) is 10.3. The van der Waals surface area contributed by atoms with Crippen LogP contribution in [0.2, 0.25) is 0 Å². The van der Waals surface area contributed by atoms with E-state index in [2.05, 4.69) is 15.9 Å². The lowest BCUT2D eigenvalue weighted by Crippen LogP contribution is -2.05. The molecule has 0 bridgehead atoms. The fourth-order valence-corrected chi connectivity index (χ4v) is 1.99. The average molecular weight is 274 g/mol. The number of hydrogen-bond acceptors (Lipinski definition) is 3. The zero-order chi connectivity index (χ0) is 10.6. The number of Topliss-reactive ketones (excluding diaryl/α,β-unsaturated/α-hetero) is 1. The van der Waals surface area contributed by atoms with Crippen molar-refractivity contribution < 1.29 is 4.79 Å². The van der Waals surface area contributed by atoms with Gasteiger partial charge in [-0.3, -0.25) is 4.79 Å². The van der Waals surface area contributed by atoms with Gasteiger partial charge in [0, 0.05) is 17.0 Å². The van der Waals surface area contributed by atoms with Crippen LogP contribution in [0, 0.1) is 0 Å². The van der Waals surface area contributed by atoms with Gasteiger partial charge in [-0.05, 0) is 30.0 Å². The van der Waals surface area contributed by atoms with Crippen molar-refractivity contribution in [1.29, 1.82) is 0 Å². The Morgan fingerprint density at radius 2 is 2.29 bits per heavy atom. The quantitative estimate of drug-likeness (QED) is 0.521. The van der Waals surface area contributed by atoms with Gasteiger partial charge in [-0.15, -0.1) is 11.8 Å². The number of nitrogens with two attached hydrogens (primary N) is 1. The molecule has 0 spiro atoms. The van der Waals surface area contributed by atoms with E-state index in [4.69, 9.17) is 5.73 Å². The fraction of sp³-hybridized carbons (Fsp3) is 0.300. The highest BCUT2D eigenvalue weighted by Crippen LogP contribution is 2.23. The molecule has 0 radical (unpaired) electrons. The lowest BCUT2D eigenvalue weighted by atomic mass is 10.1. The van der Waals surface area contributed by atoms with Crippen molar-refractivity contribution in [2.75, 3.05) is 17.3 Å². The first kappa shape index (κ1) is 11.6. The summed E-state index contributed by atoms with van der Waals surface area (Å²) in [4.78, 5) is 12.4. The third-order valence-electron chi connectivity index (χ3n) is 1.84. The maximum atomic E-state index is 11.3. The van der Waals surface area contributed by atoms with Crippen LogP contribution in [0.3, 0.4) is 0 Å². The van der Waals surface area contributed by atoms with Crippen LogP contribution < -0.4 is 5.73 Å². The molecular formula is C10H12BrNOS. The Balaban J connectivity index is 2.93. The van der Waals surface area contributed by atoms with Crippen LogP contribution in [0.15, 0.2) is 23.1 Å². The Kier molecular flexibility index (Phi) is 4.48. The van der Waals surface area contributed by atoms with Gasteiger partial charge in [0.15, 0.2) is 0 Å². The van der Waals surface area contributed by atoms with Crippen LogP contribution in [-0.2, 0) is 11.2 Å². The third-order valence-corrected chi connectivity index (χ3v) is 3.30. The smallest absolute Gasteiger partial charge is 0.147 e. The van der Waals surface area contributed by atoms with Crippen molar-refractivity contribution >= 4 is 39.2 Å². The van der Waals surface area contributed by atoms with Gasteiger partial charge in [0.25, 0.3) is 0 Å². The molecule has 0 aromatic heterocycles. The first-order chi connectivity index (χ1) is 6.67. The molecule has 1 aromatic carbocycles. The van der Waals surface area contributed by atoms with Crippen molar-refractivity contribution in [2.24, 2.45) is 0 Å². The van der Waals surface area contributed by atoms with E-state index >= 15 is 0 Å². The standard InChI is InChI=1S/C10H12BrNOS/c1-14-10-3-2-8(12)4-7(10)5-9(13)6-11/h2-4H,5-6,12H2,1H3. The van der Waals surface area contributed by atoms with Gasteiger partial charge in [-0.1, -0.05) is 15.9 Å². The van der Waals surface area contributed by atoms with Gasteiger partial charge in [0.1, 0.15) is 5.78 Å². The highest BCUT2D eigenvalue weighted by atomic mass is 79.9. The Morgan fingerprint density at radius 1 is 1.57 bits per heavy atom. The molecule has 0 amide bonds. The summed E-state index contributed by atoms with van der Waals surface area (Å²) in [6.45, 7) is 0. The van der Waals surface area contributed by atoms with E-state index in [0.29, 0.717) is 17.4 Å². The van der Waals surface area contributed by atoms with E-state index in [9.17, 15) is 4.79 Å². The molecule has 2 nitrogen and oxygen atoms in total. The summed E-state index contributed by atoms with van der Waals surface area (Å²) in [6.07, 6.45) is 2.44. The Labute approximate surface area is 96.4 Å². The molecule has 0 aliphatic rings. The molecular weight excluding hydrogens is 262 g/mol. The summed E-state index contributed by atoms with van der Waals surface area (Å²) in [5.41, 5.74) is 7.39. The Bertz CT molecular complexity index is 341. The molecule has 0 saturated heterocycles. The van der Waals surface area contributed by atoms with Gasteiger partial charge in [0.2, 0.25) is 0 Å². The summed E-state index contributed by atoms with van der Waals surface area (Å²) in [5.74, 6) is 0.172. The topological polar surface area (TPSA) is 43.1 Å². The van der Waals surface area contributed by atoms with Crippen LogP contribution in [0.4, 0.5) is 5.69 Å². The monoisotopic (exact) mass is 273 g/mol. The van der Waals surface area contributed by atoms with E-state index in [0.717, 1.165) is 10.5 Å². The summed E-state index contributed by atoms with van der Waals surface area (Å²) < 4.78 is 0. The molecule has 1 rings (SSSR count). The van der Waals surface area contributed by atoms with Crippen LogP contribution in [-0.4, -0.2) is 17.4 Å². The molecule has 4 heteroatoms. The van der Waals surface area contributed by atoms with Gasteiger partial charge < -0.3 is 5.73 Å². The third kappa shape index (κ3) is 3.03. The van der Waals surface area contributed by atoms with E-state index < -0.39 is 0 Å². The van der Waals surface area contributed by atoms with E-state index in [1.807, 2.05) is 24.5 Å². The summed E-state index contributed by atoms with van der Waals surface area (Å²) in [5, 5.41) is 0.398. The maximum Gasteiger partial charge on any atom is 0.147 e. The van der Waals surface area contributed by atoms with Gasteiger partial charge in [-0.25, -0.2) is 0 Å². The molecule has 14 heavy (non-hydrogen) atoms. The summed E-state index contributed by atoms with van der Waals surface area (Å²) in [6, 6.07) is 5.68. The highest BCUT2D eigenvalue weighted by Gasteiger charge is 2.06. The van der Waals surface area contributed by atoms with Crippen molar-refractivity contribution in [1.82, 2.24) is 0 Å². The Hall–Kier alpha value is -0.480. The second-order valence-electron chi connectivity index (χ2n) is 2.92.